The highest BCUT2D eigenvalue weighted by atomic mass is 32.2. The Balaban J connectivity index is 1.87. The van der Waals surface area contributed by atoms with Crippen molar-refractivity contribution in [1.82, 2.24) is 4.90 Å². The van der Waals surface area contributed by atoms with Gasteiger partial charge in [-0.1, -0.05) is 43.3 Å². The highest BCUT2D eigenvalue weighted by molar-refractivity contribution is 7.91. The van der Waals surface area contributed by atoms with Crippen molar-refractivity contribution in [3.8, 4) is 0 Å². The average Bonchev–Trinajstić information content (AvgIpc) is 2.61. The molecule has 2 aromatic carbocycles. The Labute approximate surface area is 149 Å². The van der Waals surface area contributed by atoms with Crippen LogP contribution in [0.25, 0.3) is 0 Å². The number of anilines is 1. The van der Waals surface area contributed by atoms with Gasteiger partial charge in [0.25, 0.3) is 0 Å². The standard InChI is InChI=1S/C19H24N2O3S/c1-3-16-9-7-8-12-18(16)20-19(22)15-21(2)13-14-25(23,24)17-10-5-4-6-11-17/h4-12H,3,13-15H2,1-2H3,(H,20,22). The first-order valence-electron chi connectivity index (χ1n) is 8.26. The first-order chi connectivity index (χ1) is 11.9. The number of benzene rings is 2. The maximum atomic E-state index is 12.3. The molecule has 0 aliphatic carbocycles. The molecular weight excluding hydrogens is 336 g/mol. The van der Waals surface area contributed by atoms with Gasteiger partial charge >= 0.3 is 0 Å². The molecule has 6 heteroatoms. The van der Waals surface area contributed by atoms with Crippen LogP contribution in [0, 0.1) is 0 Å². The van der Waals surface area contributed by atoms with E-state index in [9.17, 15) is 13.2 Å². The monoisotopic (exact) mass is 360 g/mol. The second-order valence-electron chi connectivity index (χ2n) is 5.93. The van der Waals surface area contributed by atoms with Gasteiger partial charge in [-0.15, -0.1) is 0 Å². The van der Waals surface area contributed by atoms with E-state index in [2.05, 4.69) is 5.32 Å². The van der Waals surface area contributed by atoms with Crippen molar-refractivity contribution < 1.29 is 13.2 Å². The van der Waals surface area contributed by atoms with E-state index in [4.69, 9.17) is 0 Å². The van der Waals surface area contributed by atoms with Crippen molar-refractivity contribution in [3.63, 3.8) is 0 Å². The number of hydrogen-bond donors (Lipinski definition) is 1. The Morgan fingerprint density at radius 2 is 1.68 bits per heavy atom. The Hall–Kier alpha value is -2.18. The predicted molar refractivity (Wildman–Crippen MR) is 100 cm³/mol. The van der Waals surface area contributed by atoms with Crippen LogP contribution >= 0.6 is 0 Å². The molecule has 1 N–H and O–H groups in total. The summed E-state index contributed by atoms with van der Waals surface area (Å²) in [5.74, 6) is -0.174. The van der Waals surface area contributed by atoms with Crippen LogP contribution < -0.4 is 5.32 Å². The topological polar surface area (TPSA) is 66.5 Å². The molecule has 0 spiro atoms. The zero-order valence-electron chi connectivity index (χ0n) is 14.6. The quantitative estimate of drug-likeness (QED) is 0.786. The molecule has 0 aliphatic rings. The van der Waals surface area contributed by atoms with Gasteiger partial charge in [0.1, 0.15) is 0 Å². The summed E-state index contributed by atoms with van der Waals surface area (Å²) >= 11 is 0. The van der Waals surface area contributed by atoms with Gasteiger partial charge in [0, 0.05) is 12.2 Å². The smallest absolute Gasteiger partial charge is 0.238 e. The van der Waals surface area contributed by atoms with Crippen LogP contribution in [-0.4, -0.2) is 45.1 Å². The highest BCUT2D eigenvalue weighted by Gasteiger charge is 2.16. The van der Waals surface area contributed by atoms with E-state index in [0.717, 1.165) is 17.7 Å². The van der Waals surface area contributed by atoms with Crippen LogP contribution in [0.3, 0.4) is 0 Å². The van der Waals surface area contributed by atoms with Crippen molar-refractivity contribution in [2.75, 3.05) is 31.2 Å². The van der Waals surface area contributed by atoms with Gasteiger partial charge in [-0.05, 0) is 37.2 Å². The van der Waals surface area contributed by atoms with Gasteiger partial charge in [0.15, 0.2) is 9.84 Å². The highest BCUT2D eigenvalue weighted by Crippen LogP contribution is 2.15. The lowest BCUT2D eigenvalue weighted by atomic mass is 10.1. The fraction of sp³-hybridized carbons (Fsp3) is 0.316. The molecule has 134 valence electrons. The second-order valence-corrected chi connectivity index (χ2v) is 8.04. The number of nitrogens with zero attached hydrogens (tertiary/aromatic N) is 1. The van der Waals surface area contributed by atoms with E-state index in [1.54, 1.807) is 42.3 Å². The van der Waals surface area contributed by atoms with Crippen molar-refractivity contribution in [1.29, 1.82) is 0 Å². The van der Waals surface area contributed by atoms with Crippen molar-refractivity contribution in [2.45, 2.75) is 18.2 Å². The number of carbonyl (C=O) groups is 1. The minimum atomic E-state index is -3.33. The summed E-state index contributed by atoms with van der Waals surface area (Å²) in [4.78, 5) is 14.2. The third-order valence-corrected chi connectivity index (χ3v) is 5.64. The van der Waals surface area contributed by atoms with Gasteiger partial charge < -0.3 is 5.32 Å². The molecule has 25 heavy (non-hydrogen) atoms. The number of aryl methyl sites for hydroxylation is 1. The molecule has 2 rings (SSSR count). The van der Waals surface area contributed by atoms with Crippen LogP contribution in [0.2, 0.25) is 0 Å². The van der Waals surface area contributed by atoms with E-state index in [-0.39, 0.29) is 18.2 Å². The molecule has 0 unspecified atom stereocenters. The van der Waals surface area contributed by atoms with Gasteiger partial charge in [-0.25, -0.2) is 8.42 Å². The number of hydrogen-bond acceptors (Lipinski definition) is 4. The minimum absolute atomic E-state index is 0.0215. The number of amides is 1. The molecule has 0 fully saturated rings. The molecule has 0 aromatic heterocycles. The summed E-state index contributed by atoms with van der Waals surface area (Å²) < 4.78 is 24.5. The molecule has 0 saturated heterocycles. The Bertz CT molecular complexity index is 804. The third kappa shape index (κ3) is 5.69. The number of carbonyl (C=O) groups excluding carboxylic acids is 1. The zero-order chi connectivity index (χ0) is 18.3. The van der Waals surface area contributed by atoms with E-state index in [1.165, 1.54) is 0 Å². The predicted octanol–water partition coefficient (Wildman–Crippen LogP) is 2.59. The first-order valence-corrected chi connectivity index (χ1v) is 9.91. The van der Waals surface area contributed by atoms with Gasteiger partial charge in [-0.3, -0.25) is 9.69 Å². The van der Waals surface area contributed by atoms with Crippen LogP contribution in [-0.2, 0) is 21.1 Å². The minimum Gasteiger partial charge on any atom is -0.325 e. The molecule has 2 aromatic rings. The summed E-state index contributed by atoms with van der Waals surface area (Å²) in [6.45, 7) is 2.47. The lowest BCUT2D eigenvalue weighted by molar-refractivity contribution is -0.117. The Kier molecular flexibility index (Phi) is 6.73. The number of para-hydroxylation sites is 1. The molecule has 0 aliphatic heterocycles. The molecule has 5 nitrogen and oxygen atoms in total. The summed E-state index contributed by atoms with van der Waals surface area (Å²) in [6, 6.07) is 16.0. The first kappa shape index (κ1) is 19.1. The van der Waals surface area contributed by atoms with Gasteiger partial charge in [-0.2, -0.15) is 0 Å². The van der Waals surface area contributed by atoms with Crippen LogP contribution in [0.4, 0.5) is 5.69 Å². The maximum absolute atomic E-state index is 12.3. The molecule has 0 atom stereocenters. The Morgan fingerprint density at radius 3 is 2.36 bits per heavy atom. The lowest BCUT2D eigenvalue weighted by Gasteiger charge is -2.17. The van der Waals surface area contributed by atoms with E-state index in [0.29, 0.717) is 11.4 Å². The summed E-state index contributed by atoms with van der Waals surface area (Å²) in [7, 11) is -1.59. The summed E-state index contributed by atoms with van der Waals surface area (Å²) in [5.41, 5.74) is 1.88. The molecule has 0 radical (unpaired) electrons. The fourth-order valence-corrected chi connectivity index (χ4v) is 3.85. The van der Waals surface area contributed by atoms with E-state index < -0.39 is 9.84 Å². The fourth-order valence-electron chi connectivity index (χ4n) is 2.49. The summed E-state index contributed by atoms with van der Waals surface area (Å²) in [6.07, 6.45) is 0.835. The largest absolute Gasteiger partial charge is 0.325 e. The second kappa shape index (κ2) is 8.78. The van der Waals surface area contributed by atoms with E-state index in [1.807, 2.05) is 31.2 Å². The van der Waals surface area contributed by atoms with Crippen LogP contribution in [0.1, 0.15) is 12.5 Å². The molecular formula is C19H24N2O3S. The normalized spacial score (nSPS) is 11.5. The van der Waals surface area contributed by atoms with Gasteiger partial charge in [0.05, 0.1) is 17.2 Å². The average molecular weight is 360 g/mol. The number of rotatable bonds is 8. The van der Waals surface area contributed by atoms with Crippen molar-refractivity contribution >= 4 is 21.4 Å². The maximum Gasteiger partial charge on any atom is 0.238 e. The van der Waals surface area contributed by atoms with Crippen molar-refractivity contribution in [3.05, 3.63) is 60.2 Å². The van der Waals surface area contributed by atoms with Gasteiger partial charge in [0.2, 0.25) is 5.91 Å². The number of sulfone groups is 1. The van der Waals surface area contributed by atoms with Crippen LogP contribution in [0.5, 0.6) is 0 Å². The number of likely N-dealkylation sites (N-methyl/N-ethyl adjacent to an activating group) is 1. The SMILES string of the molecule is CCc1ccccc1NC(=O)CN(C)CCS(=O)(=O)c1ccccc1. The number of nitrogens with one attached hydrogen (secondary N) is 1. The molecule has 0 heterocycles. The zero-order valence-corrected chi connectivity index (χ0v) is 15.4. The molecule has 1 amide bonds. The van der Waals surface area contributed by atoms with E-state index >= 15 is 0 Å². The molecule has 0 bridgehead atoms. The summed E-state index contributed by atoms with van der Waals surface area (Å²) in [5, 5.41) is 2.89. The van der Waals surface area contributed by atoms with Crippen LogP contribution in [0.15, 0.2) is 59.5 Å². The van der Waals surface area contributed by atoms with Crippen molar-refractivity contribution in [2.24, 2.45) is 0 Å². The molecule has 0 saturated carbocycles. The lowest BCUT2D eigenvalue weighted by Crippen LogP contribution is -2.33. The third-order valence-electron chi connectivity index (χ3n) is 3.93. The Morgan fingerprint density at radius 1 is 1.04 bits per heavy atom.